The van der Waals surface area contributed by atoms with Gasteiger partial charge in [0.25, 0.3) is 0 Å². The van der Waals surface area contributed by atoms with Crippen LogP contribution >= 0.6 is 0 Å². The van der Waals surface area contributed by atoms with Crippen LogP contribution in [0.1, 0.15) is 11.3 Å². The Morgan fingerprint density at radius 3 is 2.59 bits per heavy atom. The molecule has 2 heterocycles. The molecule has 0 aliphatic carbocycles. The number of amides is 1. The number of hydrogen-bond donors (Lipinski definition) is 1. The maximum absolute atomic E-state index is 12.4. The molecule has 0 atom stereocenters. The fourth-order valence-electron chi connectivity index (χ4n) is 3.07. The third kappa shape index (κ3) is 4.38. The standard InChI is InChI=1S/C23H21N3O3/c1-16-5-4-12-26-15-18(25-23(16)26)13-22(27)24-17-8-10-19(11-9-17)29-21-7-3-6-20(14-21)28-2/h3-12,14-15H,13H2,1-2H3,(H,24,27). The molecule has 2 aromatic heterocycles. The monoisotopic (exact) mass is 387 g/mol. The molecule has 1 N–H and O–H groups in total. The number of anilines is 1. The Morgan fingerprint density at radius 1 is 1.03 bits per heavy atom. The number of fused-ring (bicyclic) bond motifs is 1. The van der Waals surface area contributed by atoms with E-state index in [4.69, 9.17) is 9.47 Å². The summed E-state index contributed by atoms with van der Waals surface area (Å²) in [5.41, 5.74) is 3.38. The molecule has 0 aliphatic rings. The minimum absolute atomic E-state index is 0.118. The number of nitrogens with zero attached hydrogens (tertiary/aromatic N) is 2. The highest BCUT2D eigenvalue weighted by Crippen LogP contribution is 2.26. The van der Waals surface area contributed by atoms with Crippen molar-refractivity contribution in [1.82, 2.24) is 9.38 Å². The predicted octanol–water partition coefficient (Wildman–Crippen LogP) is 4.62. The van der Waals surface area contributed by atoms with E-state index < -0.39 is 0 Å². The first-order valence-corrected chi connectivity index (χ1v) is 9.26. The summed E-state index contributed by atoms with van der Waals surface area (Å²) in [5.74, 6) is 1.97. The maximum atomic E-state index is 12.4. The Bertz CT molecular complexity index is 1150. The van der Waals surface area contributed by atoms with Crippen LogP contribution < -0.4 is 14.8 Å². The van der Waals surface area contributed by atoms with E-state index in [1.54, 1.807) is 19.2 Å². The van der Waals surface area contributed by atoms with Crippen LogP contribution in [0.3, 0.4) is 0 Å². The molecule has 0 unspecified atom stereocenters. The van der Waals surface area contributed by atoms with Crippen LogP contribution in [0.5, 0.6) is 17.2 Å². The van der Waals surface area contributed by atoms with Gasteiger partial charge in [-0.05, 0) is 55.0 Å². The van der Waals surface area contributed by atoms with Crippen molar-refractivity contribution < 1.29 is 14.3 Å². The molecule has 0 spiro atoms. The molecule has 29 heavy (non-hydrogen) atoms. The first kappa shape index (κ1) is 18.6. The van der Waals surface area contributed by atoms with Crippen LogP contribution in [0.4, 0.5) is 5.69 Å². The number of ether oxygens (including phenoxy) is 2. The van der Waals surface area contributed by atoms with Gasteiger partial charge in [-0.2, -0.15) is 0 Å². The summed E-state index contributed by atoms with van der Waals surface area (Å²) in [6.45, 7) is 2.00. The topological polar surface area (TPSA) is 64.9 Å². The lowest BCUT2D eigenvalue weighted by Gasteiger charge is -2.09. The number of methoxy groups -OCH3 is 1. The van der Waals surface area contributed by atoms with Crippen molar-refractivity contribution in [2.24, 2.45) is 0 Å². The molecule has 0 bridgehead atoms. The summed E-state index contributed by atoms with van der Waals surface area (Å²) < 4.78 is 12.9. The second-order valence-corrected chi connectivity index (χ2v) is 6.68. The van der Waals surface area contributed by atoms with Crippen molar-refractivity contribution in [2.45, 2.75) is 13.3 Å². The number of aromatic nitrogens is 2. The summed E-state index contributed by atoms with van der Waals surface area (Å²) in [6.07, 6.45) is 4.02. The zero-order chi connectivity index (χ0) is 20.2. The molecule has 0 fully saturated rings. The Hall–Kier alpha value is -3.80. The number of nitrogens with one attached hydrogen (secondary N) is 1. The van der Waals surface area contributed by atoms with Crippen LogP contribution in [0.25, 0.3) is 5.65 Å². The van der Waals surface area contributed by atoms with Crippen molar-refractivity contribution in [3.63, 3.8) is 0 Å². The van der Waals surface area contributed by atoms with Crippen molar-refractivity contribution in [2.75, 3.05) is 12.4 Å². The zero-order valence-electron chi connectivity index (χ0n) is 16.3. The van der Waals surface area contributed by atoms with Gasteiger partial charge in [-0.1, -0.05) is 12.1 Å². The molecule has 2 aromatic carbocycles. The highest BCUT2D eigenvalue weighted by atomic mass is 16.5. The van der Waals surface area contributed by atoms with E-state index in [2.05, 4.69) is 10.3 Å². The molecule has 6 heteroatoms. The molecule has 0 saturated heterocycles. The molecular weight excluding hydrogens is 366 g/mol. The fourth-order valence-corrected chi connectivity index (χ4v) is 3.07. The van der Waals surface area contributed by atoms with Crippen LogP contribution in [0.15, 0.2) is 73.1 Å². The highest BCUT2D eigenvalue weighted by Gasteiger charge is 2.09. The van der Waals surface area contributed by atoms with Gasteiger partial charge < -0.3 is 19.2 Å². The molecular formula is C23H21N3O3. The van der Waals surface area contributed by atoms with Gasteiger partial charge in [0.2, 0.25) is 5.91 Å². The van der Waals surface area contributed by atoms with E-state index in [1.807, 2.05) is 72.2 Å². The van der Waals surface area contributed by atoms with Crippen molar-refractivity contribution in [3.05, 3.63) is 84.3 Å². The van der Waals surface area contributed by atoms with Crippen molar-refractivity contribution in [3.8, 4) is 17.2 Å². The Morgan fingerprint density at radius 2 is 1.83 bits per heavy atom. The molecule has 0 saturated carbocycles. The van der Waals surface area contributed by atoms with Gasteiger partial charge >= 0.3 is 0 Å². The van der Waals surface area contributed by atoms with Gasteiger partial charge in [-0.3, -0.25) is 4.79 Å². The number of pyridine rings is 1. The lowest BCUT2D eigenvalue weighted by molar-refractivity contribution is -0.115. The first-order valence-electron chi connectivity index (χ1n) is 9.26. The van der Waals surface area contributed by atoms with Gasteiger partial charge in [-0.15, -0.1) is 0 Å². The summed E-state index contributed by atoms with van der Waals surface area (Å²) in [5, 5.41) is 2.89. The highest BCUT2D eigenvalue weighted by molar-refractivity contribution is 5.92. The minimum atomic E-state index is -0.118. The van der Waals surface area contributed by atoms with Crippen LogP contribution in [0.2, 0.25) is 0 Å². The van der Waals surface area contributed by atoms with Crippen LogP contribution in [-0.4, -0.2) is 22.4 Å². The second kappa shape index (κ2) is 8.06. The normalized spacial score (nSPS) is 10.7. The molecule has 4 rings (SSSR count). The SMILES string of the molecule is COc1cccc(Oc2ccc(NC(=O)Cc3cn4cccc(C)c4n3)cc2)c1. The second-order valence-electron chi connectivity index (χ2n) is 6.68. The summed E-state index contributed by atoms with van der Waals surface area (Å²) >= 11 is 0. The number of imidazole rings is 1. The Labute approximate surface area is 168 Å². The smallest absolute Gasteiger partial charge is 0.230 e. The van der Waals surface area contributed by atoms with Crippen LogP contribution in [-0.2, 0) is 11.2 Å². The van der Waals surface area contributed by atoms with E-state index in [0.29, 0.717) is 17.2 Å². The van der Waals surface area contributed by atoms with Crippen molar-refractivity contribution >= 4 is 17.2 Å². The van der Waals surface area contributed by atoms with Crippen LogP contribution in [0, 0.1) is 6.92 Å². The van der Waals surface area contributed by atoms with Gasteiger partial charge in [-0.25, -0.2) is 4.98 Å². The molecule has 0 aliphatic heterocycles. The predicted molar refractivity (Wildman–Crippen MR) is 112 cm³/mol. The average Bonchev–Trinajstić information content (AvgIpc) is 3.13. The lowest BCUT2D eigenvalue weighted by Crippen LogP contribution is -2.14. The van der Waals surface area contributed by atoms with Gasteiger partial charge in [0.1, 0.15) is 22.9 Å². The third-order valence-electron chi connectivity index (χ3n) is 4.48. The van der Waals surface area contributed by atoms with Crippen molar-refractivity contribution in [1.29, 1.82) is 0 Å². The van der Waals surface area contributed by atoms with Gasteiger partial charge in [0, 0.05) is 24.1 Å². The number of hydrogen-bond acceptors (Lipinski definition) is 4. The number of benzene rings is 2. The fraction of sp³-hybridized carbons (Fsp3) is 0.130. The Balaban J connectivity index is 1.38. The summed E-state index contributed by atoms with van der Waals surface area (Å²) in [6, 6.07) is 18.6. The first-order chi connectivity index (χ1) is 14.1. The third-order valence-corrected chi connectivity index (χ3v) is 4.48. The molecule has 0 radical (unpaired) electrons. The number of carbonyl (C=O) groups excluding carboxylic acids is 1. The molecule has 1 amide bonds. The number of carbonyl (C=O) groups is 1. The largest absolute Gasteiger partial charge is 0.497 e. The average molecular weight is 387 g/mol. The van der Waals surface area contributed by atoms with Gasteiger partial charge in [0.15, 0.2) is 0 Å². The van der Waals surface area contributed by atoms with Gasteiger partial charge in [0.05, 0.1) is 19.2 Å². The molecule has 146 valence electrons. The minimum Gasteiger partial charge on any atom is -0.497 e. The number of aryl methyl sites for hydroxylation is 1. The maximum Gasteiger partial charge on any atom is 0.230 e. The number of rotatable bonds is 6. The van der Waals surface area contributed by atoms with E-state index in [0.717, 1.165) is 22.7 Å². The Kier molecular flexibility index (Phi) is 5.16. The summed E-state index contributed by atoms with van der Waals surface area (Å²) in [7, 11) is 1.62. The van der Waals surface area contributed by atoms with E-state index >= 15 is 0 Å². The summed E-state index contributed by atoms with van der Waals surface area (Å²) in [4.78, 5) is 16.9. The quantitative estimate of drug-likeness (QED) is 0.524. The molecule has 4 aromatic rings. The molecule has 6 nitrogen and oxygen atoms in total. The lowest BCUT2D eigenvalue weighted by atomic mass is 10.2. The zero-order valence-corrected chi connectivity index (χ0v) is 16.3. The van der Waals surface area contributed by atoms with E-state index in [-0.39, 0.29) is 12.3 Å². The van der Waals surface area contributed by atoms with E-state index in [9.17, 15) is 4.79 Å². The van der Waals surface area contributed by atoms with E-state index in [1.165, 1.54) is 0 Å².